The monoisotopic (exact) mass is 244 g/mol. The minimum atomic E-state index is -0.639. The average Bonchev–Trinajstić information content (AvgIpc) is 2.36. The number of ether oxygens (including phenoxy) is 1. The Morgan fingerprint density at radius 2 is 2.06 bits per heavy atom. The van der Waals surface area contributed by atoms with Gasteiger partial charge in [-0.3, -0.25) is 4.79 Å². The number of rotatable bonds is 3. The van der Waals surface area contributed by atoms with Crippen molar-refractivity contribution in [2.24, 2.45) is 0 Å². The molecule has 0 saturated heterocycles. The number of nitrogens with one attached hydrogen (secondary N) is 1. The van der Waals surface area contributed by atoms with Crippen LogP contribution in [0.1, 0.15) is 21.9 Å². The third-order valence-electron chi connectivity index (χ3n) is 2.28. The van der Waals surface area contributed by atoms with Crippen molar-refractivity contribution in [2.75, 3.05) is 0 Å². The molecule has 0 radical (unpaired) electrons. The van der Waals surface area contributed by atoms with Crippen LogP contribution < -0.4 is 5.56 Å². The molecule has 1 aromatic heterocycles. The number of H-pyrrole nitrogens is 1. The molecular weight excluding hydrogens is 232 g/mol. The van der Waals surface area contributed by atoms with Crippen molar-refractivity contribution in [1.29, 1.82) is 0 Å². The molecule has 0 amide bonds. The minimum Gasteiger partial charge on any atom is -0.455 e. The third kappa shape index (κ3) is 3.04. The molecule has 0 aliphatic heterocycles. The lowest BCUT2D eigenvalue weighted by atomic mass is 10.2. The summed E-state index contributed by atoms with van der Waals surface area (Å²) in [6.45, 7) is 1.79. The first-order valence-corrected chi connectivity index (χ1v) is 5.44. The molecule has 0 spiro atoms. The molecule has 0 aliphatic carbocycles. The van der Waals surface area contributed by atoms with Crippen LogP contribution in [0.4, 0.5) is 0 Å². The van der Waals surface area contributed by atoms with Crippen LogP contribution in [0.25, 0.3) is 0 Å². The lowest BCUT2D eigenvalue weighted by Gasteiger charge is -2.04. The first-order chi connectivity index (χ1) is 8.65. The van der Waals surface area contributed by atoms with Gasteiger partial charge in [0, 0.05) is 11.8 Å². The number of aromatic nitrogens is 2. The van der Waals surface area contributed by atoms with Gasteiger partial charge in [0.1, 0.15) is 6.61 Å². The maximum Gasteiger partial charge on any atom is 0.374 e. The largest absolute Gasteiger partial charge is 0.455 e. The van der Waals surface area contributed by atoms with Gasteiger partial charge < -0.3 is 9.72 Å². The highest BCUT2D eigenvalue weighted by atomic mass is 16.5. The molecule has 92 valence electrons. The van der Waals surface area contributed by atoms with Gasteiger partial charge >= 0.3 is 5.97 Å². The zero-order chi connectivity index (χ0) is 13.0. The van der Waals surface area contributed by atoms with Crippen molar-refractivity contribution in [3.63, 3.8) is 0 Å². The average molecular weight is 244 g/mol. The van der Waals surface area contributed by atoms with Gasteiger partial charge in [0.2, 0.25) is 5.82 Å². The number of hydrogen-bond acceptors (Lipinski definition) is 4. The summed E-state index contributed by atoms with van der Waals surface area (Å²) < 4.78 is 5.05. The van der Waals surface area contributed by atoms with Gasteiger partial charge in [0.05, 0.1) is 0 Å². The Morgan fingerprint density at radius 1 is 1.33 bits per heavy atom. The standard InChI is InChI=1S/C13H12N2O3/c1-9-7-11(16)15-12(14-9)13(17)18-8-10-5-3-2-4-6-10/h2-7H,8H2,1H3,(H,14,15,16). The van der Waals surface area contributed by atoms with Crippen molar-refractivity contribution >= 4 is 5.97 Å². The van der Waals surface area contributed by atoms with Crippen LogP contribution in [0, 0.1) is 6.92 Å². The van der Waals surface area contributed by atoms with Crippen LogP contribution in [0.2, 0.25) is 0 Å². The Hall–Kier alpha value is -2.43. The van der Waals surface area contributed by atoms with E-state index in [4.69, 9.17) is 4.74 Å². The van der Waals surface area contributed by atoms with E-state index in [0.717, 1.165) is 5.56 Å². The molecule has 2 aromatic rings. The van der Waals surface area contributed by atoms with E-state index in [1.54, 1.807) is 6.92 Å². The normalized spacial score (nSPS) is 10.1. The fourth-order valence-corrected chi connectivity index (χ4v) is 1.47. The van der Waals surface area contributed by atoms with Crippen LogP contribution in [0.3, 0.4) is 0 Å². The number of aromatic amines is 1. The molecule has 0 saturated carbocycles. The molecule has 0 fully saturated rings. The highest BCUT2D eigenvalue weighted by Gasteiger charge is 2.10. The van der Waals surface area contributed by atoms with E-state index in [-0.39, 0.29) is 18.0 Å². The van der Waals surface area contributed by atoms with Gasteiger partial charge in [-0.15, -0.1) is 0 Å². The summed E-state index contributed by atoms with van der Waals surface area (Å²) >= 11 is 0. The summed E-state index contributed by atoms with van der Waals surface area (Å²) in [7, 11) is 0. The predicted octanol–water partition coefficient (Wildman–Crippen LogP) is 1.44. The summed E-state index contributed by atoms with van der Waals surface area (Å²) in [6.07, 6.45) is 0. The number of hydrogen-bond donors (Lipinski definition) is 1. The van der Waals surface area contributed by atoms with Crippen molar-refractivity contribution in [3.8, 4) is 0 Å². The van der Waals surface area contributed by atoms with E-state index >= 15 is 0 Å². The van der Waals surface area contributed by atoms with Gasteiger partial charge in [0.25, 0.3) is 5.56 Å². The Morgan fingerprint density at radius 3 is 2.72 bits per heavy atom. The first kappa shape index (κ1) is 12.0. The van der Waals surface area contributed by atoms with E-state index in [9.17, 15) is 9.59 Å². The van der Waals surface area contributed by atoms with E-state index in [1.807, 2.05) is 30.3 Å². The highest BCUT2D eigenvalue weighted by Crippen LogP contribution is 2.02. The Labute approximate surface area is 103 Å². The zero-order valence-electron chi connectivity index (χ0n) is 9.84. The van der Waals surface area contributed by atoms with Crippen LogP contribution >= 0.6 is 0 Å². The molecule has 1 N–H and O–H groups in total. The quantitative estimate of drug-likeness (QED) is 0.829. The molecule has 0 unspecified atom stereocenters. The molecule has 0 atom stereocenters. The Bertz CT molecular complexity index is 605. The van der Waals surface area contributed by atoms with Crippen molar-refractivity contribution < 1.29 is 9.53 Å². The van der Waals surface area contributed by atoms with Gasteiger partial charge in [-0.25, -0.2) is 9.78 Å². The summed E-state index contributed by atoms with van der Waals surface area (Å²) in [5.41, 5.74) is 0.987. The maximum atomic E-state index is 11.7. The Kier molecular flexibility index (Phi) is 3.52. The summed E-state index contributed by atoms with van der Waals surface area (Å²) in [5.74, 6) is -0.712. The fourth-order valence-electron chi connectivity index (χ4n) is 1.47. The number of carbonyl (C=O) groups excluding carboxylic acids is 1. The molecule has 5 nitrogen and oxygen atoms in total. The number of nitrogens with zero attached hydrogens (tertiary/aromatic N) is 1. The van der Waals surface area contributed by atoms with Crippen LogP contribution in [-0.2, 0) is 11.3 Å². The SMILES string of the molecule is Cc1cc(=O)[nH]c(C(=O)OCc2ccccc2)n1. The smallest absolute Gasteiger partial charge is 0.374 e. The first-order valence-electron chi connectivity index (χ1n) is 5.44. The second-order valence-corrected chi connectivity index (χ2v) is 3.80. The van der Waals surface area contributed by atoms with E-state index < -0.39 is 5.97 Å². The highest BCUT2D eigenvalue weighted by molar-refractivity contribution is 5.85. The zero-order valence-corrected chi connectivity index (χ0v) is 9.84. The minimum absolute atomic E-state index is 0.0732. The predicted molar refractivity (Wildman–Crippen MR) is 65.2 cm³/mol. The molecule has 5 heteroatoms. The van der Waals surface area contributed by atoms with Gasteiger partial charge in [-0.2, -0.15) is 0 Å². The molecule has 1 heterocycles. The maximum absolute atomic E-state index is 11.7. The number of aryl methyl sites for hydroxylation is 1. The number of benzene rings is 1. The number of esters is 1. The van der Waals surface area contributed by atoms with E-state index in [0.29, 0.717) is 5.69 Å². The molecule has 18 heavy (non-hydrogen) atoms. The second-order valence-electron chi connectivity index (χ2n) is 3.80. The van der Waals surface area contributed by atoms with Crippen LogP contribution in [-0.4, -0.2) is 15.9 Å². The molecular formula is C13H12N2O3. The van der Waals surface area contributed by atoms with Crippen molar-refractivity contribution in [1.82, 2.24) is 9.97 Å². The van der Waals surface area contributed by atoms with Crippen molar-refractivity contribution in [2.45, 2.75) is 13.5 Å². The summed E-state index contributed by atoms with van der Waals surface area (Å²) in [5, 5.41) is 0. The molecule has 0 aliphatic rings. The topological polar surface area (TPSA) is 72.0 Å². The third-order valence-corrected chi connectivity index (χ3v) is 2.28. The summed E-state index contributed by atoms with van der Waals surface area (Å²) in [4.78, 5) is 29.1. The Balaban J connectivity index is 2.06. The second kappa shape index (κ2) is 5.27. The molecule has 1 aromatic carbocycles. The van der Waals surface area contributed by atoms with Gasteiger partial charge in [-0.05, 0) is 12.5 Å². The fraction of sp³-hybridized carbons (Fsp3) is 0.154. The lowest BCUT2D eigenvalue weighted by molar-refractivity contribution is 0.0457. The summed E-state index contributed by atoms with van der Waals surface area (Å²) in [6, 6.07) is 10.6. The van der Waals surface area contributed by atoms with E-state index in [1.165, 1.54) is 6.07 Å². The van der Waals surface area contributed by atoms with Crippen molar-refractivity contribution in [3.05, 3.63) is 63.8 Å². The van der Waals surface area contributed by atoms with Gasteiger partial charge in [0.15, 0.2) is 0 Å². The molecule has 0 bridgehead atoms. The van der Waals surface area contributed by atoms with Gasteiger partial charge in [-0.1, -0.05) is 30.3 Å². The van der Waals surface area contributed by atoms with Crippen LogP contribution in [0.15, 0.2) is 41.2 Å². The number of carbonyl (C=O) groups is 1. The van der Waals surface area contributed by atoms with Crippen LogP contribution in [0.5, 0.6) is 0 Å². The van der Waals surface area contributed by atoms with E-state index in [2.05, 4.69) is 9.97 Å². The molecule has 2 rings (SSSR count). The lowest BCUT2D eigenvalue weighted by Crippen LogP contribution is -2.17.